The molecule has 122 valence electrons. The molecule has 1 aliphatic heterocycles. The van der Waals surface area contributed by atoms with Crippen LogP contribution in [0.25, 0.3) is 0 Å². The van der Waals surface area contributed by atoms with Gasteiger partial charge < -0.3 is 9.73 Å². The minimum Gasteiger partial charge on any atom is -0.459 e. The quantitative estimate of drug-likeness (QED) is 0.922. The van der Waals surface area contributed by atoms with E-state index in [1.165, 1.54) is 6.26 Å². The third-order valence-corrected chi connectivity index (χ3v) is 5.41. The first-order chi connectivity index (χ1) is 11.0. The van der Waals surface area contributed by atoms with E-state index in [0.29, 0.717) is 25.3 Å². The smallest absolute Gasteiger partial charge is 0.291 e. The highest BCUT2D eigenvalue weighted by Gasteiger charge is 2.21. The summed E-state index contributed by atoms with van der Waals surface area (Å²) in [6.45, 7) is 1.85. The Balaban J connectivity index is 1.56. The van der Waals surface area contributed by atoms with Crippen molar-refractivity contribution in [1.29, 1.82) is 0 Å². The van der Waals surface area contributed by atoms with Gasteiger partial charge in [0.1, 0.15) is 0 Å². The van der Waals surface area contributed by atoms with Crippen LogP contribution in [0.4, 0.5) is 5.69 Å². The number of hydrogen-bond acceptors (Lipinski definition) is 5. The van der Waals surface area contributed by atoms with Gasteiger partial charge in [-0.2, -0.15) is 0 Å². The van der Waals surface area contributed by atoms with Crippen molar-refractivity contribution in [2.75, 3.05) is 29.9 Å². The van der Waals surface area contributed by atoms with E-state index in [1.807, 2.05) is 24.3 Å². The minimum absolute atomic E-state index is 0.226. The predicted molar refractivity (Wildman–Crippen MR) is 87.0 cm³/mol. The third kappa shape index (κ3) is 4.20. The van der Waals surface area contributed by atoms with E-state index in [2.05, 4.69) is 10.2 Å². The van der Waals surface area contributed by atoms with Crippen molar-refractivity contribution in [2.45, 2.75) is 6.54 Å². The largest absolute Gasteiger partial charge is 0.459 e. The van der Waals surface area contributed by atoms with Gasteiger partial charge in [0.05, 0.1) is 17.8 Å². The number of benzene rings is 1. The Morgan fingerprint density at radius 1 is 1.13 bits per heavy atom. The number of carbonyl (C=O) groups is 1. The first-order valence-corrected chi connectivity index (χ1v) is 9.20. The molecule has 2 aromatic rings. The summed E-state index contributed by atoms with van der Waals surface area (Å²) in [6, 6.07) is 10.8. The van der Waals surface area contributed by atoms with Gasteiger partial charge in [0.2, 0.25) is 0 Å². The zero-order chi connectivity index (χ0) is 16.3. The fourth-order valence-corrected chi connectivity index (χ4v) is 3.74. The van der Waals surface area contributed by atoms with Gasteiger partial charge in [0.25, 0.3) is 5.91 Å². The van der Waals surface area contributed by atoms with Crippen LogP contribution in [0.1, 0.15) is 16.1 Å². The molecule has 23 heavy (non-hydrogen) atoms. The average molecular weight is 334 g/mol. The molecule has 1 amide bonds. The van der Waals surface area contributed by atoms with Crippen molar-refractivity contribution in [3.05, 3.63) is 54.0 Å². The molecule has 6 nitrogen and oxygen atoms in total. The predicted octanol–water partition coefficient (Wildman–Crippen LogP) is 1.76. The molecule has 0 saturated carbocycles. The highest BCUT2D eigenvalue weighted by molar-refractivity contribution is 7.91. The van der Waals surface area contributed by atoms with E-state index < -0.39 is 9.84 Å². The molecule has 1 fully saturated rings. The second-order valence-corrected chi connectivity index (χ2v) is 7.86. The topological polar surface area (TPSA) is 79.6 Å². The van der Waals surface area contributed by atoms with Crippen molar-refractivity contribution < 1.29 is 17.6 Å². The van der Waals surface area contributed by atoms with E-state index >= 15 is 0 Å². The van der Waals surface area contributed by atoms with Crippen LogP contribution in [-0.4, -0.2) is 43.8 Å². The number of furan rings is 1. The summed E-state index contributed by atoms with van der Waals surface area (Å²) >= 11 is 0. The normalized spacial score (nSPS) is 17.7. The number of rotatable bonds is 4. The molecule has 1 N–H and O–H groups in total. The fraction of sp³-hybridized carbons (Fsp3) is 0.312. The van der Waals surface area contributed by atoms with Crippen molar-refractivity contribution in [2.24, 2.45) is 0 Å². The maximum absolute atomic E-state index is 11.9. The molecular weight excluding hydrogens is 316 g/mol. The third-order valence-electron chi connectivity index (χ3n) is 3.80. The maximum atomic E-state index is 11.9. The summed E-state index contributed by atoms with van der Waals surface area (Å²) in [7, 11) is -2.85. The highest BCUT2D eigenvalue weighted by Crippen LogP contribution is 2.14. The summed E-state index contributed by atoms with van der Waals surface area (Å²) < 4.78 is 27.9. The molecule has 0 aliphatic carbocycles. The van der Waals surface area contributed by atoms with E-state index in [1.54, 1.807) is 12.1 Å². The van der Waals surface area contributed by atoms with Gasteiger partial charge in [0, 0.05) is 25.3 Å². The Labute approximate surface area is 135 Å². The average Bonchev–Trinajstić information content (AvgIpc) is 3.06. The second-order valence-electron chi connectivity index (χ2n) is 5.56. The second kappa shape index (κ2) is 6.55. The zero-order valence-electron chi connectivity index (χ0n) is 12.6. The van der Waals surface area contributed by atoms with Crippen molar-refractivity contribution in [3.8, 4) is 0 Å². The lowest BCUT2D eigenvalue weighted by Gasteiger charge is -2.26. The van der Waals surface area contributed by atoms with Crippen LogP contribution < -0.4 is 5.32 Å². The van der Waals surface area contributed by atoms with Crippen molar-refractivity contribution >= 4 is 21.4 Å². The van der Waals surface area contributed by atoms with Gasteiger partial charge in [0.15, 0.2) is 15.6 Å². The molecule has 3 rings (SSSR count). The molecule has 0 atom stereocenters. The number of carbonyl (C=O) groups excluding carboxylic acids is 1. The number of anilines is 1. The Hall–Kier alpha value is -2.12. The van der Waals surface area contributed by atoms with Gasteiger partial charge in [-0.15, -0.1) is 0 Å². The number of nitrogens with zero attached hydrogens (tertiary/aromatic N) is 1. The van der Waals surface area contributed by atoms with Crippen molar-refractivity contribution in [3.63, 3.8) is 0 Å². The summed E-state index contributed by atoms with van der Waals surface area (Å²) in [4.78, 5) is 14.0. The van der Waals surface area contributed by atoms with Crippen molar-refractivity contribution in [1.82, 2.24) is 4.90 Å². The molecule has 2 heterocycles. The Kier molecular flexibility index (Phi) is 4.49. The Bertz CT molecular complexity index is 753. The van der Waals surface area contributed by atoms with E-state index in [-0.39, 0.29) is 23.2 Å². The molecule has 1 saturated heterocycles. The van der Waals surface area contributed by atoms with Crippen LogP contribution in [0.3, 0.4) is 0 Å². The first-order valence-electron chi connectivity index (χ1n) is 7.38. The van der Waals surface area contributed by atoms with Gasteiger partial charge in [-0.25, -0.2) is 8.42 Å². The number of nitrogens with one attached hydrogen (secondary N) is 1. The van der Waals surface area contributed by atoms with Crippen LogP contribution in [0.5, 0.6) is 0 Å². The Morgan fingerprint density at radius 3 is 2.43 bits per heavy atom. The molecule has 0 unspecified atom stereocenters. The standard InChI is InChI=1S/C16H18N2O4S/c19-16(15-2-1-9-22-15)17-14-5-3-13(4-6-14)12-18-7-10-23(20,21)11-8-18/h1-6,9H,7-8,10-12H2,(H,17,19). The van der Waals surface area contributed by atoms with E-state index in [4.69, 9.17) is 4.42 Å². The van der Waals surface area contributed by atoms with Crippen LogP contribution in [-0.2, 0) is 16.4 Å². The summed E-state index contributed by atoms with van der Waals surface area (Å²) in [6.07, 6.45) is 1.46. The first kappa shape index (κ1) is 15.8. The molecule has 0 radical (unpaired) electrons. The molecule has 1 aromatic heterocycles. The molecule has 1 aliphatic rings. The summed E-state index contributed by atoms with van der Waals surface area (Å²) in [5.41, 5.74) is 1.77. The molecule has 0 bridgehead atoms. The fourth-order valence-electron chi connectivity index (χ4n) is 2.46. The Morgan fingerprint density at radius 2 is 1.83 bits per heavy atom. The highest BCUT2D eigenvalue weighted by atomic mass is 32.2. The van der Waals surface area contributed by atoms with Gasteiger partial charge in [-0.05, 0) is 29.8 Å². The summed E-state index contributed by atoms with van der Waals surface area (Å²) in [5, 5.41) is 2.76. The maximum Gasteiger partial charge on any atom is 0.291 e. The number of sulfone groups is 1. The molecule has 1 aromatic carbocycles. The minimum atomic E-state index is -2.85. The number of amides is 1. The van der Waals surface area contributed by atoms with Gasteiger partial charge in [-0.3, -0.25) is 9.69 Å². The lowest BCUT2D eigenvalue weighted by atomic mass is 10.2. The lowest BCUT2D eigenvalue weighted by Crippen LogP contribution is -2.39. The zero-order valence-corrected chi connectivity index (χ0v) is 13.4. The van der Waals surface area contributed by atoms with Gasteiger partial charge >= 0.3 is 0 Å². The lowest BCUT2D eigenvalue weighted by molar-refractivity contribution is 0.0996. The number of hydrogen-bond donors (Lipinski definition) is 1. The van der Waals surface area contributed by atoms with Crippen LogP contribution in [0.2, 0.25) is 0 Å². The SMILES string of the molecule is O=C(Nc1ccc(CN2CCS(=O)(=O)CC2)cc1)c1ccco1. The van der Waals surface area contributed by atoms with E-state index in [9.17, 15) is 13.2 Å². The van der Waals surface area contributed by atoms with Gasteiger partial charge in [-0.1, -0.05) is 12.1 Å². The molecule has 0 spiro atoms. The van der Waals surface area contributed by atoms with Crippen LogP contribution in [0.15, 0.2) is 47.1 Å². The molecular formula is C16H18N2O4S. The van der Waals surface area contributed by atoms with Crippen LogP contribution >= 0.6 is 0 Å². The monoisotopic (exact) mass is 334 g/mol. The van der Waals surface area contributed by atoms with E-state index in [0.717, 1.165) is 5.56 Å². The summed E-state index contributed by atoms with van der Waals surface area (Å²) in [5.74, 6) is 0.432. The molecule has 7 heteroatoms. The van der Waals surface area contributed by atoms with Crippen LogP contribution in [0, 0.1) is 0 Å².